The molecule has 1 aromatic carbocycles. The molecule has 2 aromatic heterocycles. The molecule has 1 fully saturated rings. The maximum Gasteiger partial charge on any atom is 0.187 e. The van der Waals surface area contributed by atoms with Crippen LogP contribution in [0.15, 0.2) is 30.5 Å². The summed E-state index contributed by atoms with van der Waals surface area (Å²) in [5.74, 6) is 2.33. The SMILES string of the molecule is COc1ccc(-n2nnc3cnc(C[C@H]4CC[C@@H](N(C)C)C4)nc32)cc1. The molecule has 136 valence electrons. The van der Waals surface area contributed by atoms with Crippen molar-refractivity contribution in [2.24, 2.45) is 5.92 Å². The van der Waals surface area contributed by atoms with E-state index in [0.717, 1.165) is 29.3 Å². The average molecular weight is 352 g/mol. The van der Waals surface area contributed by atoms with Crippen molar-refractivity contribution in [1.29, 1.82) is 0 Å². The Hall–Kier alpha value is -2.54. The Morgan fingerprint density at radius 2 is 2.00 bits per heavy atom. The fourth-order valence-corrected chi connectivity index (χ4v) is 3.72. The monoisotopic (exact) mass is 352 g/mol. The highest BCUT2D eigenvalue weighted by Gasteiger charge is 2.27. The zero-order chi connectivity index (χ0) is 18.1. The summed E-state index contributed by atoms with van der Waals surface area (Å²) >= 11 is 0. The third-order valence-electron chi connectivity index (χ3n) is 5.27. The summed E-state index contributed by atoms with van der Waals surface area (Å²) in [5.41, 5.74) is 2.37. The van der Waals surface area contributed by atoms with Gasteiger partial charge in [-0.1, -0.05) is 5.21 Å². The molecule has 7 nitrogen and oxygen atoms in total. The van der Waals surface area contributed by atoms with Gasteiger partial charge < -0.3 is 9.64 Å². The van der Waals surface area contributed by atoms with Crippen LogP contribution in [0.3, 0.4) is 0 Å². The number of methoxy groups -OCH3 is 1. The molecule has 2 heterocycles. The number of rotatable bonds is 5. The molecule has 0 unspecified atom stereocenters. The lowest BCUT2D eigenvalue weighted by Gasteiger charge is -2.18. The van der Waals surface area contributed by atoms with Crippen LogP contribution in [0.25, 0.3) is 16.9 Å². The average Bonchev–Trinajstić information content (AvgIpc) is 3.29. The smallest absolute Gasteiger partial charge is 0.187 e. The number of hydrogen-bond donors (Lipinski definition) is 0. The van der Waals surface area contributed by atoms with E-state index in [1.807, 2.05) is 24.3 Å². The maximum atomic E-state index is 5.22. The van der Waals surface area contributed by atoms with Gasteiger partial charge in [0.05, 0.1) is 19.0 Å². The van der Waals surface area contributed by atoms with Gasteiger partial charge in [0.2, 0.25) is 0 Å². The Morgan fingerprint density at radius 1 is 1.19 bits per heavy atom. The van der Waals surface area contributed by atoms with Crippen LogP contribution in [0.2, 0.25) is 0 Å². The molecule has 26 heavy (non-hydrogen) atoms. The van der Waals surface area contributed by atoms with E-state index in [4.69, 9.17) is 9.72 Å². The predicted octanol–water partition coefficient (Wildman–Crippen LogP) is 2.49. The molecule has 0 amide bonds. The lowest BCUT2D eigenvalue weighted by Crippen LogP contribution is -2.25. The zero-order valence-corrected chi connectivity index (χ0v) is 15.5. The van der Waals surface area contributed by atoms with E-state index in [1.165, 1.54) is 19.3 Å². The predicted molar refractivity (Wildman–Crippen MR) is 99.5 cm³/mol. The summed E-state index contributed by atoms with van der Waals surface area (Å²) < 4.78 is 6.98. The molecule has 1 saturated carbocycles. The normalized spacial score (nSPS) is 20.2. The number of benzene rings is 1. The number of aromatic nitrogens is 5. The fourth-order valence-electron chi connectivity index (χ4n) is 3.72. The van der Waals surface area contributed by atoms with E-state index in [-0.39, 0.29) is 0 Å². The Labute approximate surface area is 153 Å². The second kappa shape index (κ2) is 6.99. The third kappa shape index (κ3) is 3.26. The van der Waals surface area contributed by atoms with E-state index in [1.54, 1.807) is 18.0 Å². The molecule has 3 aromatic rings. The molecule has 7 heteroatoms. The number of ether oxygens (including phenoxy) is 1. The Morgan fingerprint density at radius 3 is 2.69 bits per heavy atom. The number of fused-ring (bicyclic) bond motifs is 1. The van der Waals surface area contributed by atoms with Crippen LogP contribution in [0.1, 0.15) is 25.1 Å². The zero-order valence-electron chi connectivity index (χ0n) is 15.5. The summed E-state index contributed by atoms with van der Waals surface area (Å²) in [4.78, 5) is 11.6. The van der Waals surface area contributed by atoms with Crippen molar-refractivity contribution < 1.29 is 4.74 Å². The first-order chi connectivity index (χ1) is 12.6. The summed E-state index contributed by atoms with van der Waals surface area (Å²) in [7, 11) is 5.98. The van der Waals surface area contributed by atoms with E-state index in [9.17, 15) is 0 Å². The molecule has 0 saturated heterocycles. The van der Waals surface area contributed by atoms with Gasteiger partial charge in [0.1, 0.15) is 11.6 Å². The maximum absolute atomic E-state index is 5.22. The van der Waals surface area contributed by atoms with Crippen LogP contribution in [-0.2, 0) is 6.42 Å². The Kier molecular flexibility index (Phi) is 4.55. The topological polar surface area (TPSA) is 69.0 Å². The first kappa shape index (κ1) is 16.9. The standard InChI is InChI=1S/C19H24N6O/c1-24(2)15-5-4-13(10-15)11-18-20-12-17-19(21-18)25(23-22-17)14-6-8-16(26-3)9-7-14/h6-9,12-13,15H,4-5,10-11H2,1-3H3/t13-,15+/m0/s1. The molecule has 0 radical (unpaired) electrons. The van der Waals surface area contributed by atoms with Gasteiger partial charge in [-0.15, -0.1) is 5.10 Å². The van der Waals surface area contributed by atoms with Crippen molar-refractivity contribution >= 4 is 11.2 Å². The van der Waals surface area contributed by atoms with Crippen LogP contribution in [0.5, 0.6) is 5.75 Å². The molecule has 1 aliphatic rings. The largest absolute Gasteiger partial charge is 0.497 e. The highest BCUT2D eigenvalue weighted by Crippen LogP contribution is 2.30. The molecule has 0 spiro atoms. The van der Waals surface area contributed by atoms with Crippen LogP contribution >= 0.6 is 0 Å². The van der Waals surface area contributed by atoms with Gasteiger partial charge in [-0.25, -0.2) is 9.97 Å². The second-order valence-corrected chi connectivity index (χ2v) is 7.19. The molecule has 1 aliphatic carbocycles. The van der Waals surface area contributed by atoms with Crippen LogP contribution in [0.4, 0.5) is 0 Å². The molecule has 0 aliphatic heterocycles. The van der Waals surface area contributed by atoms with Crippen molar-refractivity contribution in [2.75, 3.05) is 21.2 Å². The van der Waals surface area contributed by atoms with Crippen molar-refractivity contribution in [1.82, 2.24) is 29.9 Å². The van der Waals surface area contributed by atoms with Gasteiger partial charge in [-0.3, -0.25) is 0 Å². The second-order valence-electron chi connectivity index (χ2n) is 7.19. The van der Waals surface area contributed by atoms with E-state index in [0.29, 0.717) is 17.5 Å². The number of hydrogen-bond acceptors (Lipinski definition) is 6. The molecular formula is C19H24N6O. The third-order valence-corrected chi connectivity index (χ3v) is 5.27. The van der Waals surface area contributed by atoms with Crippen LogP contribution in [-0.4, -0.2) is 57.1 Å². The highest BCUT2D eigenvalue weighted by molar-refractivity contribution is 5.70. The molecule has 0 bridgehead atoms. The van der Waals surface area contributed by atoms with Crippen molar-refractivity contribution in [3.63, 3.8) is 0 Å². The van der Waals surface area contributed by atoms with Crippen molar-refractivity contribution in [3.8, 4) is 11.4 Å². The quantitative estimate of drug-likeness (QED) is 0.703. The summed E-state index contributed by atoms with van der Waals surface area (Å²) in [6, 6.07) is 8.39. The first-order valence-electron chi connectivity index (χ1n) is 9.02. The van der Waals surface area contributed by atoms with Crippen LogP contribution < -0.4 is 4.74 Å². The summed E-state index contributed by atoms with van der Waals surface area (Å²) in [5, 5.41) is 8.44. The lowest BCUT2D eigenvalue weighted by molar-refractivity contribution is 0.290. The molecule has 4 rings (SSSR count). The van der Waals surface area contributed by atoms with Gasteiger partial charge in [0.15, 0.2) is 11.2 Å². The Bertz CT molecular complexity index is 889. The van der Waals surface area contributed by atoms with Crippen molar-refractivity contribution in [3.05, 3.63) is 36.3 Å². The summed E-state index contributed by atoms with van der Waals surface area (Å²) in [6.45, 7) is 0. The van der Waals surface area contributed by atoms with Gasteiger partial charge in [0, 0.05) is 12.5 Å². The molecule has 0 N–H and O–H groups in total. The Balaban J connectivity index is 1.58. The van der Waals surface area contributed by atoms with Gasteiger partial charge >= 0.3 is 0 Å². The van der Waals surface area contributed by atoms with Gasteiger partial charge in [-0.2, -0.15) is 4.68 Å². The van der Waals surface area contributed by atoms with Gasteiger partial charge in [-0.05, 0) is 63.5 Å². The minimum absolute atomic E-state index is 0.644. The minimum Gasteiger partial charge on any atom is -0.497 e. The van der Waals surface area contributed by atoms with Crippen LogP contribution in [0, 0.1) is 5.92 Å². The lowest BCUT2D eigenvalue weighted by atomic mass is 10.0. The van der Waals surface area contributed by atoms with E-state index < -0.39 is 0 Å². The first-order valence-corrected chi connectivity index (χ1v) is 9.02. The highest BCUT2D eigenvalue weighted by atomic mass is 16.5. The summed E-state index contributed by atoms with van der Waals surface area (Å²) in [6.07, 6.45) is 6.40. The van der Waals surface area contributed by atoms with E-state index >= 15 is 0 Å². The number of nitrogens with zero attached hydrogens (tertiary/aromatic N) is 6. The molecule has 2 atom stereocenters. The van der Waals surface area contributed by atoms with E-state index in [2.05, 4.69) is 34.3 Å². The fraction of sp³-hybridized carbons (Fsp3) is 0.474. The van der Waals surface area contributed by atoms with Gasteiger partial charge in [0.25, 0.3) is 0 Å². The van der Waals surface area contributed by atoms with Crippen molar-refractivity contribution in [2.45, 2.75) is 31.7 Å². The molecular weight excluding hydrogens is 328 g/mol. The minimum atomic E-state index is 0.644.